The molecule has 2 aliphatic rings. The summed E-state index contributed by atoms with van der Waals surface area (Å²) in [7, 11) is 0. The van der Waals surface area contributed by atoms with Crippen molar-refractivity contribution in [2.45, 2.75) is 37.8 Å². The first-order valence-corrected chi connectivity index (χ1v) is 8.43. The Morgan fingerprint density at radius 2 is 2.00 bits per heavy atom. The Balaban J connectivity index is 1.52. The number of hydrogen-bond donors (Lipinski definition) is 2. The molecule has 2 atom stereocenters. The van der Waals surface area contributed by atoms with E-state index in [9.17, 15) is 14.4 Å². The zero-order valence-electron chi connectivity index (χ0n) is 13.6. The average molecular weight is 338 g/mol. The SMILES string of the molecule is O=C1O[C@H](C(=O)N[C@@H]2CCCc3[nH]c(=O)ccc32)Cc2ccccc21. The van der Waals surface area contributed by atoms with Crippen molar-refractivity contribution in [2.24, 2.45) is 0 Å². The number of hydrogen-bond acceptors (Lipinski definition) is 4. The summed E-state index contributed by atoms with van der Waals surface area (Å²) < 4.78 is 5.31. The lowest BCUT2D eigenvalue weighted by Gasteiger charge is -2.29. The van der Waals surface area contributed by atoms with E-state index in [1.807, 2.05) is 12.1 Å². The number of aromatic amines is 1. The van der Waals surface area contributed by atoms with Crippen LogP contribution in [0.2, 0.25) is 0 Å². The summed E-state index contributed by atoms with van der Waals surface area (Å²) >= 11 is 0. The van der Waals surface area contributed by atoms with Gasteiger partial charge in [0.1, 0.15) is 0 Å². The van der Waals surface area contributed by atoms with Crippen molar-refractivity contribution in [1.82, 2.24) is 10.3 Å². The van der Waals surface area contributed by atoms with Gasteiger partial charge >= 0.3 is 5.97 Å². The predicted molar refractivity (Wildman–Crippen MR) is 90.2 cm³/mol. The van der Waals surface area contributed by atoms with E-state index in [2.05, 4.69) is 10.3 Å². The van der Waals surface area contributed by atoms with E-state index in [0.29, 0.717) is 12.0 Å². The molecule has 0 unspecified atom stereocenters. The highest BCUT2D eigenvalue weighted by Crippen LogP contribution is 2.28. The Bertz CT molecular complexity index is 902. The van der Waals surface area contributed by atoms with Crippen molar-refractivity contribution in [3.8, 4) is 0 Å². The molecule has 0 saturated heterocycles. The molecule has 2 heterocycles. The van der Waals surface area contributed by atoms with E-state index in [4.69, 9.17) is 4.74 Å². The van der Waals surface area contributed by atoms with E-state index in [-0.39, 0.29) is 17.5 Å². The number of nitrogens with one attached hydrogen (secondary N) is 2. The number of rotatable bonds is 2. The molecule has 6 nitrogen and oxygen atoms in total. The molecule has 1 aromatic heterocycles. The number of carbonyl (C=O) groups is 2. The molecule has 0 spiro atoms. The summed E-state index contributed by atoms with van der Waals surface area (Å²) in [5.41, 5.74) is 3.01. The topological polar surface area (TPSA) is 88.3 Å². The first-order valence-electron chi connectivity index (χ1n) is 8.43. The molecule has 1 aliphatic carbocycles. The largest absolute Gasteiger partial charge is 0.448 e. The Hall–Kier alpha value is -2.89. The Kier molecular flexibility index (Phi) is 3.87. The lowest BCUT2D eigenvalue weighted by atomic mass is 9.90. The zero-order chi connectivity index (χ0) is 17.4. The third-order valence-electron chi connectivity index (χ3n) is 4.83. The number of H-pyrrole nitrogens is 1. The predicted octanol–water partition coefficient (Wildman–Crippen LogP) is 1.65. The number of carbonyl (C=O) groups excluding carboxylic acids is 2. The van der Waals surface area contributed by atoms with E-state index in [0.717, 1.165) is 36.1 Å². The highest BCUT2D eigenvalue weighted by Gasteiger charge is 2.33. The molecule has 0 saturated carbocycles. The quantitative estimate of drug-likeness (QED) is 0.815. The summed E-state index contributed by atoms with van der Waals surface area (Å²) in [5.74, 6) is -0.762. The van der Waals surface area contributed by atoms with Gasteiger partial charge in [0.2, 0.25) is 5.56 Å². The van der Waals surface area contributed by atoms with E-state index >= 15 is 0 Å². The van der Waals surface area contributed by atoms with Crippen LogP contribution in [0.5, 0.6) is 0 Å². The molecular formula is C19H18N2O4. The Morgan fingerprint density at radius 1 is 1.16 bits per heavy atom. The van der Waals surface area contributed by atoms with Crippen molar-refractivity contribution >= 4 is 11.9 Å². The minimum Gasteiger partial charge on any atom is -0.448 e. The van der Waals surface area contributed by atoms with Gasteiger partial charge in [0.15, 0.2) is 6.10 Å². The summed E-state index contributed by atoms with van der Waals surface area (Å²) in [6.07, 6.45) is 2.02. The number of ether oxygens (including phenoxy) is 1. The number of benzene rings is 1. The summed E-state index contributed by atoms with van der Waals surface area (Å²) in [4.78, 5) is 39.0. The second-order valence-corrected chi connectivity index (χ2v) is 6.47. The minimum absolute atomic E-state index is 0.136. The van der Waals surface area contributed by atoms with Gasteiger partial charge in [-0.15, -0.1) is 0 Å². The first-order chi connectivity index (χ1) is 12.1. The normalized spacial score (nSPS) is 21.7. The van der Waals surface area contributed by atoms with E-state index in [1.165, 1.54) is 6.07 Å². The minimum atomic E-state index is -0.824. The average Bonchev–Trinajstić information content (AvgIpc) is 2.61. The lowest BCUT2D eigenvalue weighted by Crippen LogP contribution is -2.44. The molecule has 1 aromatic carbocycles. The molecule has 0 radical (unpaired) electrons. The van der Waals surface area contributed by atoms with Crippen LogP contribution >= 0.6 is 0 Å². The molecule has 25 heavy (non-hydrogen) atoms. The van der Waals surface area contributed by atoms with Crippen LogP contribution in [0.4, 0.5) is 0 Å². The van der Waals surface area contributed by atoms with Gasteiger partial charge in [-0.3, -0.25) is 9.59 Å². The maximum atomic E-state index is 12.6. The second kappa shape index (κ2) is 6.20. The van der Waals surface area contributed by atoms with Crippen LogP contribution in [0, 0.1) is 0 Å². The molecule has 0 fully saturated rings. The fourth-order valence-corrected chi connectivity index (χ4v) is 3.59. The number of cyclic esters (lactones) is 1. The highest BCUT2D eigenvalue weighted by molar-refractivity contribution is 5.95. The van der Waals surface area contributed by atoms with Gasteiger partial charge in [-0.2, -0.15) is 0 Å². The Morgan fingerprint density at radius 3 is 2.88 bits per heavy atom. The standard InChI is InChI=1S/C19H18N2O4/c22-17-9-8-13-14(20-17)6-3-7-15(13)21-18(23)16-10-11-4-1-2-5-12(11)19(24)25-16/h1-2,4-5,8-9,15-16H,3,6-7,10H2,(H,20,22)(H,21,23)/t15-,16+/m1/s1. The van der Waals surface area contributed by atoms with Crippen LogP contribution < -0.4 is 10.9 Å². The van der Waals surface area contributed by atoms with Gasteiger partial charge in [0.25, 0.3) is 5.91 Å². The van der Waals surface area contributed by atoms with Gasteiger partial charge in [-0.05, 0) is 42.5 Å². The number of esters is 1. The maximum absolute atomic E-state index is 12.6. The van der Waals surface area contributed by atoms with Gasteiger partial charge < -0.3 is 15.0 Å². The van der Waals surface area contributed by atoms with Crippen LogP contribution in [0.15, 0.2) is 41.2 Å². The molecule has 2 aromatic rings. The first kappa shape index (κ1) is 15.6. The smallest absolute Gasteiger partial charge is 0.339 e. The molecule has 128 valence electrons. The van der Waals surface area contributed by atoms with Crippen LogP contribution in [0.3, 0.4) is 0 Å². The van der Waals surface area contributed by atoms with Crippen molar-refractivity contribution in [1.29, 1.82) is 0 Å². The van der Waals surface area contributed by atoms with Gasteiger partial charge in [-0.25, -0.2) is 4.79 Å². The third kappa shape index (κ3) is 2.95. The van der Waals surface area contributed by atoms with Gasteiger partial charge in [0, 0.05) is 18.2 Å². The molecule has 6 heteroatoms. The van der Waals surface area contributed by atoms with Crippen LogP contribution in [-0.2, 0) is 22.4 Å². The molecule has 1 aliphatic heterocycles. The molecular weight excluding hydrogens is 320 g/mol. The summed E-state index contributed by atoms with van der Waals surface area (Å²) in [5, 5.41) is 2.98. The third-order valence-corrected chi connectivity index (χ3v) is 4.83. The van der Waals surface area contributed by atoms with Gasteiger partial charge in [0.05, 0.1) is 11.6 Å². The Labute approximate surface area is 144 Å². The number of amides is 1. The lowest BCUT2D eigenvalue weighted by molar-refractivity contribution is -0.131. The maximum Gasteiger partial charge on any atom is 0.339 e. The highest BCUT2D eigenvalue weighted by atomic mass is 16.5. The van der Waals surface area contributed by atoms with Crippen LogP contribution in [0.25, 0.3) is 0 Å². The molecule has 2 N–H and O–H groups in total. The van der Waals surface area contributed by atoms with Gasteiger partial charge in [-0.1, -0.05) is 18.2 Å². The van der Waals surface area contributed by atoms with Crippen molar-refractivity contribution in [3.05, 3.63) is 69.1 Å². The summed E-state index contributed by atoms with van der Waals surface area (Å²) in [6, 6.07) is 10.2. The molecule has 4 rings (SSSR count). The monoisotopic (exact) mass is 338 g/mol. The zero-order valence-corrected chi connectivity index (χ0v) is 13.6. The fourth-order valence-electron chi connectivity index (χ4n) is 3.59. The molecule has 0 bridgehead atoms. The number of fused-ring (bicyclic) bond motifs is 2. The van der Waals surface area contributed by atoms with Crippen molar-refractivity contribution in [2.75, 3.05) is 0 Å². The van der Waals surface area contributed by atoms with Crippen molar-refractivity contribution in [3.63, 3.8) is 0 Å². The van der Waals surface area contributed by atoms with Crippen molar-refractivity contribution < 1.29 is 14.3 Å². The summed E-state index contributed by atoms with van der Waals surface area (Å²) in [6.45, 7) is 0. The number of aryl methyl sites for hydroxylation is 1. The number of pyridine rings is 1. The van der Waals surface area contributed by atoms with Crippen LogP contribution in [-0.4, -0.2) is 23.0 Å². The van der Waals surface area contributed by atoms with Crippen LogP contribution in [0.1, 0.15) is 46.1 Å². The molecule has 1 amide bonds. The second-order valence-electron chi connectivity index (χ2n) is 6.47. The number of aromatic nitrogens is 1. The van der Waals surface area contributed by atoms with E-state index in [1.54, 1.807) is 18.2 Å². The van der Waals surface area contributed by atoms with E-state index < -0.39 is 12.1 Å². The fraction of sp³-hybridized carbons (Fsp3) is 0.316.